The molecular weight excluding hydrogens is 278 g/mol. The molecule has 0 bridgehead atoms. The van der Waals surface area contributed by atoms with E-state index in [2.05, 4.69) is 27.6 Å². The predicted octanol–water partition coefficient (Wildman–Crippen LogP) is 2.36. The Balaban J connectivity index is 1.98. The second kappa shape index (κ2) is 6.68. The Labute approximate surface area is 131 Å². The van der Waals surface area contributed by atoms with Gasteiger partial charge in [-0.05, 0) is 39.8 Å². The van der Waals surface area contributed by atoms with Crippen molar-refractivity contribution in [2.45, 2.75) is 40.3 Å². The quantitative estimate of drug-likeness (QED) is 0.672. The molecule has 0 aliphatic heterocycles. The van der Waals surface area contributed by atoms with Crippen LogP contribution < -0.4 is 10.6 Å². The van der Waals surface area contributed by atoms with Gasteiger partial charge in [-0.15, -0.1) is 0 Å². The van der Waals surface area contributed by atoms with Crippen LogP contribution in [0.25, 0.3) is 0 Å². The highest BCUT2D eigenvalue weighted by Gasteiger charge is 2.13. The van der Waals surface area contributed by atoms with Gasteiger partial charge in [-0.2, -0.15) is 5.10 Å². The molecule has 0 aliphatic rings. The fourth-order valence-corrected chi connectivity index (χ4v) is 2.40. The third-order valence-corrected chi connectivity index (χ3v) is 3.86. The van der Waals surface area contributed by atoms with Gasteiger partial charge in [-0.3, -0.25) is 9.67 Å². The largest absolute Gasteiger partial charge is 0.464 e. The first kappa shape index (κ1) is 16.1. The number of hydrogen-bond acceptors (Lipinski definition) is 3. The maximum atomic E-state index is 5.64. The van der Waals surface area contributed by atoms with E-state index >= 15 is 0 Å². The highest BCUT2D eigenvalue weighted by atomic mass is 16.3. The first-order valence-electron chi connectivity index (χ1n) is 7.45. The third kappa shape index (κ3) is 3.50. The lowest BCUT2D eigenvalue weighted by molar-refractivity contribution is 0.441. The fraction of sp³-hybridized carbons (Fsp3) is 0.500. The van der Waals surface area contributed by atoms with Crippen molar-refractivity contribution in [1.82, 2.24) is 20.4 Å². The lowest BCUT2D eigenvalue weighted by Crippen LogP contribution is -2.38. The van der Waals surface area contributed by atoms with Crippen molar-refractivity contribution in [3.8, 4) is 0 Å². The van der Waals surface area contributed by atoms with Crippen LogP contribution in [-0.2, 0) is 13.6 Å². The number of aryl methyl sites for hydroxylation is 3. The van der Waals surface area contributed by atoms with Gasteiger partial charge in [0.1, 0.15) is 11.5 Å². The lowest BCUT2D eigenvalue weighted by atomic mass is 10.2. The Bertz CT molecular complexity index is 668. The van der Waals surface area contributed by atoms with Crippen molar-refractivity contribution in [3.05, 3.63) is 40.6 Å². The van der Waals surface area contributed by atoms with Gasteiger partial charge in [0.05, 0.1) is 11.7 Å². The monoisotopic (exact) mass is 303 g/mol. The summed E-state index contributed by atoms with van der Waals surface area (Å²) in [4.78, 5) is 4.27. The third-order valence-electron chi connectivity index (χ3n) is 3.86. The van der Waals surface area contributed by atoms with Gasteiger partial charge in [-0.1, -0.05) is 0 Å². The summed E-state index contributed by atoms with van der Waals surface area (Å²) >= 11 is 0. The molecule has 2 heterocycles. The summed E-state index contributed by atoms with van der Waals surface area (Å²) in [6.07, 6.45) is 0. The molecule has 0 spiro atoms. The van der Waals surface area contributed by atoms with Crippen molar-refractivity contribution in [2.24, 2.45) is 12.0 Å². The summed E-state index contributed by atoms with van der Waals surface area (Å²) in [5.41, 5.74) is 3.40. The molecule has 6 nitrogen and oxygen atoms in total. The smallest absolute Gasteiger partial charge is 0.191 e. The van der Waals surface area contributed by atoms with Gasteiger partial charge in [0.25, 0.3) is 0 Å². The molecule has 0 fully saturated rings. The van der Waals surface area contributed by atoms with Crippen LogP contribution in [0.2, 0.25) is 0 Å². The van der Waals surface area contributed by atoms with Crippen LogP contribution in [0.4, 0.5) is 0 Å². The molecule has 0 amide bonds. The van der Waals surface area contributed by atoms with E-state index in [1.807, 2.05) is 44.6 Å². The summed E-state index contributed by atoms with van der Waals surface area (Å²) in [6.45, 7) is 8.77. The minimum Gasteiger partial charge on any atom is -0.464 e. The summed E-state index contributed by atoms with van der Waals surface area (Å²) in [7, 11) is 3.72. The normalized spacial score (nSPS) is 13.3. The molecule has 2 rings (SSSR count). The lowest BCUT2D eigenvalue weighted by Gasteiger charge is -2.16. The Kier molecular flexibility index (Phi) is 4.90. The number of aliphatic imine (C=N–C) groups is 1. The predicted molar refractivity (Wildman–Crippen MR) is 87.9 cm³/mol. The first-order valence-corrected chi connectivity index (χ1v) is 7.45. The molecule has 1 unspecified atom stereocenters. The van der Waals surface area contributed by atoms with Gasteiger partial charge in [0.15, 0.2) is 5.96 Å². The average Bonchev–Trinajstić information content (AvgIpc) is 3.01. The molecule has 0 aromatic carbocycles. The minimum atomic E-state index is 0.0518. The molecule has 0 saturated carbocycles. The molecule has 0 aliphatic carbocycles. The number of nitrogens with one attached hydrogen (secondary N) is 2. The van der Waals surface area contributed by atoms with Crippen LogP contribution in [0.3, 0.4) is 0 Å². The van der Waals surface area contributed by atoms with E-state index in [-0.39, 0.29) is 6.04 Å². The standard InChI is InChI=1S/C16H25N5O/c1-10-7-8-15(22-10)12(3)19-16(17-5)18-9-14-11(2)20-21(6)13(14)4/h7-8,12H,9H2,1-6H3,(H2,17,18,19). The number of furan rings is 1. The molecule has 2 aromatic rings. The van der Waals surface area contributed by atoms with Crippen molar-refractivity contribution in [1.29, 1.82) is 0 Å². The Morgan fingerprint density at radius 3 is 2.59 bits per heavy atom. The Morgan fingerprint density at radius 1 is 1.36 bits per heavy atom. The fourth-order valence-electron chi connectivity index (χ4n) is 2.40. The van der Waals surface area contributed by atoms with Gasteiger partial charge in [0.2, 0.25) is 0 Å². The number of aromatic nitrogens is 2. The van der Waals surface area contributed by atoms with E-state index in [0.29, 0.717) is 6.54 Å². The summed E-state index contributed by atoms with van der Waals surface area (Å²) < 4.78 is 7.54. The van der Waals surface area contributed by atoms with Gasteiger partial charge >= 0.3 is 0 Å². The number of guanidine groups is 1. The number of rotatable bonds is 4. The first-order chi connectivity index (χ1) is 10.4. The molecule has 22 heavy (non-hydrogen) atoms. The van der Waals surface area contributed by atoms with E-state index < -0.39 is 0 Å². The van der Waals surface area contributed by atoms with Crippen LogP contribution in [0.1, 0.15) is 41.4 Å². The SMILES string of the molecule is CN=C(NCc1c(C)nn(C)c1C)NC(C)c1ccc(C)o1. The van der Waals surface area contributed by atoms with Crippen LogP contribution in [0.15, 0.2) is 21.5 Å². The van der Waals surface area contributed by atoms with Crippen molar-refractivity contribution in [2.75, 3.05) is 7.05 Å². The molecule has 1 atom stereocenters. The molecule has 0 saturated heterocycles. The van der Waals surface area contributed by atoms with E-state index in [4.69, 9.17) is 4.42 Å². The zero-order chi connectivity index (χ0) is 16.3. The van der Waals surface area contributed by atoms with Crippen molar-refractivity contribution < 1.29 is 4.42 Å². The second-order valence-electron chi connectivity index (χ2n) is 5.51. The summed E-state index contributed by atoms with van der Waals surface area (Å²) in [6, 6.07) is 4.00. The Morgan fingerprint density at radius 2 is 2.09 bits per heavy atom. The van der Waals surface area contributed by atoms with Crippen molar-refractivity contribution >= 4 is 5.96 Å². The molecule has 0 radical (unpaired) electrons. The zero-order valence-electron chi connectivity index (χ0n) is 14.2. The molecule has 120 valence electrons. The second-order valence-corrected chi connectivity index (χ2v) is 5.51. The Hall–Kier alpha value is -2.24. The van der Waals surface area contributed by atoms with E-state index in [1.54, 1.807) is 7.05 Å². The van der Waals surface area contributed by atoms with Crippen LogP contribution in [0, 0.1) is 20.8 Å². The summed E-state index contributed by atoms with van der Waals surface area (Å²) in [5, 5.41) is 11.1. The zero-order valence-corrected chi connectivity index (χ0v) is 14.2. The maximum Gasteiger partial charge on any atom is 0.191 e. The maximum absolute atomic E-state index is 5.64. The van der Waals surface area contributed by atoms with Crippen LogP contribution in [-0.4, -0.2) is 22.8 Å². The van der Waals surface area contributed by atoms with E-state index in [0.717, 1.165) is 28.9 Å². The summed E-state index contributed by atoms with van der Waals surface area (Å²) in [5.74, 6) is 2.55. The molecular formula is C16H25N5O. The van der Waals surface area contributed by atoms with E-state index in [9.17, 15) is 0 Å². The number of nitrogens with zero attached hydrogens (tertiary/aromatic N) is 3. The van der Waals surface area contributed by atoms with Gasteiger partial charge in [0, 0.05) is 31.9 Å². The van der Waals surface area contributed by atoms with Gasteiger partial charge < -0.3 is 15.1 Å². The van der Waals surface area contributed by atoms with Crippen LogP contribution in [0.5, 0.6) is 0 Å². The topological polar surface area (TPSA) is 67.4 Å². The van der Waals surface area contributed by atoms with Crippen LogP contribution >= 0.6 is 0 Å². The number of hydrogen-bond donors (Lipinski definition) is 2. The van der Waals surface area contributed by atoms with Gasteiger partial charge in [-0.25, -0.2) is 0 Å². The van der Waals surface area contributed by atoms with E-state index in [1.165, 1.54) is 5.56 Å². The highest BCUT2D eigenvalue weighted by Crippen LogP contribution is 2.15. The van der Waals surface area contributed by atoms with Crippen molar-refractivity contribution in [3.63, 3.8) is 0 Å². The highest BCUT2D eigenvalue weighted by molar-refractivity contribution is 5.80. The molecule has 2 aromatic heterocycles. The molecule has 6 heteroatoms. The molecule has 2 N–H and O–H groups in total. The minimum absolute atomic E-state index is 0.0518. The average molecular weight is 303 g/mol.